The molecule has 0 saturated heterocycles. The molecule has 0 aliphatic rings. The van der Waals surface area contributed by atoms with Crippen molar-refractivity contribution in [1.82, 2.24) is 10.3 Å². The highest BCUT2D eigenvalue weighted by molar-refractivity contribution is 5.33. The Balaban J connectivity index is 2.08. The van der Waals surface area contributed by atoms with Crippen LogP contribution in [0.15, 0.2) is 42.6 Å². The van der Waals surface area contributed by atoms with Gasteiger partial charge in [0, 0.05) is 13.2 Å². The average molecular weight is 272 g/mol. The van der Waals surface area contributed by atoms with E-state index in [1.807, 2.05) is 43.4 Å². The number of methoxy groups -OCH3 is 1. The van der Waals surface area contributed by atoms with Crippen molar-refractivity contribution >= 4 is 0 Å². The fraction of sp³-hybridized carbons (Fsp3) is 0.312. The molecular formula is C16H20N2O2. The molecule has 1 aromatic carbocycles. The fourth-order valence-electron chi connectivity index (χ4n) is 1.86. The van der Waals surface area contributed by atoms with Gasteiger partial charge < -0.3 is 14.8 Å². The lowest BCUT2D eigenvalue weighted by atomic mass is 10.2. The molecule has 0 saturated carbocycles. The summed E-state index contributed by atoms with van der Waals surface area (Å²) < 4.78 is 10.9. The van der Waals surface area contributed by atoms with Gasteiger partial charge in [0.05, 0.1) is 18.5 Å². The van der Waals surface area contributed by atoms with Gasteiger partial charge in [0.2, 0.25) is 0 Å². The summed E-state index contributed by atoms with van der Waals surface area (Å²) in [5.41, 5.74) is 2.08. The number of nitrogens with zero attached hydrogens (tertiary/aromatic N) is 1. The number of aromatic nitrogens is 1. The van der Waals surface area contributed by atoms with Gasteiger partial charge in [0.25, 0.3) is 0 Å². The van der Waals surface area contributed by atoms with E-state index >= 15 is 0 Å². The van der Waals surface area contributed by atoms with E-state index in [0.717, 1.165) is 22.8 Å². The summed E-state index contributed by atoms with van der Waals surface area (Å²) >= 11 is 0. The lowest BCUT2D eigenvalue weighted by Crippen LogP contribution is -2.13. The summed E-state index contributed by atoms with van der Waals surface area (Å²) in [5, 5.41) is 3.15. The third-order valence-electron chi connectivity index (χ3n) is 3.08. The molecule has 1 N–H and O–H groups in total. The zero-order valence-corrected chi connectivity index (χ0v) is 12.1. The summed E-state index contributed by atoms with van der Waals surface area (Å²) in [6.45, 7) is 2.64. The predicted octanol–water partition coefficient (Wildman–Crippen LogP) is 3.30. The molecule has 1 aromatic heterocycles. The van der Waals surface area contributed by atoms with Crippen LogP contribution in [-0.2, 0) is 11.3 Å². The number of benzene rings is 1. The topological polar surface area (TPSA) is 43.4 Å². The quantitative estimate of drug-likeness (QED) is 0.876. The van der Waals surface area contributed by atoms with Gasteiger partial charge in [-0.2, -0.15) is 0 Å². The van der Waals surface area contributed by atoms with E-state index in [1.54, 1.807) is 13.3 Å². The highest BCUT2D eigenvalue weighted by atomic mass is 16.5. The van der Waals surface area contributed by atoms with Crippen molar-refractivity contribution in [3.63, 3.8) is 0 Å². The zero-order valence-electron chi connectivity index (χ0n) is 12.1. The van der Waals surface area contributed by atoms with Gasteiger partial charge in [-0.05, 0) is 43.8 Å². The molecule has 0 radical (unpaired) electrons. The molecule has 4 nitrogen and oxygen atoms in total. The zero-order chi connectivity index (χ0) is 14.4. The van der Waals surface area contributed by atoms with Crippen LogP contribution in [0.5, 0.6) is 11.5 Å². The second kappa shape index (κ2) is 7.03. The first-order chi connectivity index (χ1) is 9.72. The molecule has 0 spiro atoms. The van der Waals surface area contributed by atoms with E-state index < -0.39 is 0 Å². The number of hydrogen-bond acceptors (Lipinski definition) is 4. The molecule has 0 bridgehead atoms. The van der Waals surface area contributed by atoms with Gasteiger partial charge in [0.15, 0.2) is 0 Å². The van der Waals surface area contributed by atoms with Crippen molar-refractivity contribution in [2.24, 2.45) is 0 Å². The Morgan fingerprint density at radius 2 is 2.05 bits per heavy atom. The standard InChI is InChI=1S/C16H20N2O2/c1-12(17-2)16-8-7-15(10-18-16)20-14-6-4-5-13(9-14)11-19-3/h4-10,12,17H,11H2,1-3H3. The largest absolute Gasteiger partial charge is 0.456 e. The van der Waals surface area contributed by atoms with E-state index in [2.05, 4.69) is 17.2 Å². The van der Waals surface area contributed by atoms with Crippen molar-refractivity contribution < 1.29 is 9.47 Å². The van der Waals surface area contributed by atoms with E-state index in [9.17, 15) is 0 Å². The summed E-state index contributed by atoms with van der Waals surface area (Å²) in [4.78, 5) is 4.39. The Bertz CT molecular complexity index is 540. The average Bonchev–Trinajstić information content (AvgIpc) is 2.48. The van der Waals surface area contributed by atoms with E-state index in [-0.39, 0.29) is 6.04 Å². The summed E-state index contributed by atoms with van der Waals surface area (Å²) in [7, 11) is 3.59. The second-order valence-electron chi connectivity index (χ2n) is 4.61. The molecular weight excluding hydrogens is 252 g/mol. The maximum absolute atomic E-state index is 5.80. The molecule has 106 valence electrons. The van der Waals surface area contributed by atoms with Crippen LogP contribution in [0.3, 0.4) is 0 Å². The van der Waals surface area contributed by atoms with Crippen LogP contribution in [0, 0.1) is 0 Å². The normalized spacial score (nSPS) is 12.2. The third kappa shape index (κ3) is 3.79. The summed E-state index contributed by atoms with van der Waals surface area (Å²) in [6, 6.07) is 12.0. The highest BCUT2D eigenvalue weighted by Crippen LogP contribution is 2.22. The Labute approximate surface area is 119 Å². The number of ether oxygens (including phenoxy) is 2. The van der Waals surface area contributed by atoms with E-state index in [0.29, 0.717) is 6.61 Å². The fourth-order valence-corrected chi connectivity index (χ4v) is 1.86. The molecule has 0 fully saturated rings. The van der Waals surface area contributed by atoms with Crippen LogP contribution < -0.4 is 10.1 Å². The van der Waals surface area contributed by atoms with Gasteiger partial charge in [0.1, 0.15) is 11.5 Å². The highest BCUT2D eigenvalue weighted by Gasteiger charge is 2.05. The molecule has 1 atom stereocenters. The smallest absolute Gasteiger partial charge is 0.145 e. The monoisotopic (exact) mass is 272 g/mol. The van der Waals surface area contributed by atoms with Crippen LogP contribution in [0.1, 0.15) is 24.2 Å². The number of rotatable bonds is 6. The third-order valence-corrected chi connectivity index (χ3v) is 3.08. The molecule has 0 amide bonds. The van der Waals surface area contributed by atoms with Gasteiger partial charge in [-0.3, -0.25) is 4.98 Å². The van der Waals surface area contributed by atoms with Crippen molar-refractivity contribution in [1.29, 1.82) is 0 Å². The molecule has 20 heavy (non-hydrogen) atoms. The van der Waals surface area contributed by atoms with Gasteiger partial charge >= 0.3 is 0 Å². The van der Waals surface area contributed by atoms with Crippen molar-refractivity contribution in [3.05, 3.63) is 53.9 Å². The molecule has 2 aromatic rings. The van der Waals surface area contributed by atoms with Crippen LogP contribution in [0.25, 0.3) is 0 Å². The van der Waals surface area contributed by atoms with E-state index in [1.165, 1.54) is 0 Å². The van der Waals surface area contributed by atoms with Crippen LogP contribution in [0.2, 0.25) is 0 Å². The lowest BCUT2D eigenvalue weighted by molar-refractivity contribution is 0.184. The minimum Gasteiger partial charge on any atom is -0.456 e. The van der Waals surface area contributed by atoms with Crippen molar-refractivity contribution in [3.8, 4) is 11.5 Å². The first kappa shape index (κ1) is 14.5. The molecule has 1 heterocycles. The second-order valence-corrected chi connectivity index (χ2v) is 4.61. The minimum atomic E-state index is 0.231. The molecule has 2 rings (SSSR count). The Kier molecular flexibility index (Phi) is 5.09. The first-order valence-corrected chi connectivity index (χ1v) is 6.62. The van der Waals surface area contributed by atoms with Gasteiger partial charge in [-0.1, -0.05) is 12.1 Å². The summed E-state index contributed by atoms with van der Waals surface area (Å²) in [5.74, 6) is 1.52. The number of nitrogens with one attached hydrogen (secondary N) is 1. The first-order valence-electron chi connectivity index (χ1n) is 6.62. The molecule has 0 aliphatic heterocycles. The predicted molar refractivity (Wildman–Crippen MR) is 78.9 cm³/mol. The molecule has 0 aliphatic carbocycles. The van der Waals surface area contributed by atoms with Crippen molar-refractivity contribution in [2.75, 3.05) is 14.2 Å². The van der Waals surface area contributed by atoms with Gasteiger partial charge in [-0.25, -0.2) is 0 Å². The number of pyridine rings is 1. The minimum absolute atomic E-state index is 0.231. The maximum Gasteiger partial charge on any atom is 0.145 e. The Hall–Kier alpha value is -1.91. The number of hydrogen-bond donors (Lipinski definition) is 1. The van der Waals surface area contributed by atoms with Crippen LogP contribution in [0.4, 0.5) is 0 Å². The Morgan fingerprint density at radius 1 is 1.20 bits per heavy atom. The van der Waals surface area contributed by atoms with Gasteiger partial charge in [-0.15, -0.1) is 0 Å². The van der Waals surface area contributed by atoms with Crippen LogP contribution in [-0.4, -0.2) is 19.1 Å². The van der Waals surface area contributed by atoms with Crippen LogP contribution >= 0.6 is 0 Å². The van der Waals surface area contributed by atoms with Crippen molar-refractivity contribution in [2.45, 2.75) is 19.6 Å². The summed E-state index contributed by atoms with van der Waals surface area (Å²) in [6.07, 6.45) is 1.74. The maximum atomic E-state index is 5.80. The SMILES string of the molecule is CNC(C)c1ccc(Oc2cccc(COC)c2)cn1. The Morgan fingerprint density at radius 3 is 2.70 bits per heavy atom. The molecule has 4 heteroatoms. The lowest BCUT2D eigenvalue weighted by Gasteiger charge is -2.11. The molecule has 1 unspecified atom stereocenters. The van der Waals surface area contributed by atoms with E-state index in [4.69, 9.17) is 9.47 Å².